The molecule has 12 heavy (non-hydrogen) atoms. The lowest BCUT2D eigenvalue weighted by atomic mass is 10.3. The Labute approximate surface area is 75.2 Å². The zero-order valence-electron chi connectivity index (χ0n) is 7.62. The maximum absolute atomic E-state index is 9.09. The maximum Gasteiger partial charge on any atom is 0.115 e. The van der Waals surface area contributed by atoms with Crippen molar-refractivity contribution < 1.29 is 5.11 Å². The number of rotatable bonds is 3. The zero-order valence-corrected chi connectivity index (χ0v) is 8.51. The molecule has 0 fully saturated rings. The highest BCUT2D eigenvalue weighted by Crippen LogP contribution is 2.33. The van der Waals surface area contributed by atoms with Crippen molar-refractivity contribution in [3.63, 3.8) is 0 Å². The van der Waals surface area contributed by atoms with E-state index in [4.69, 9.17) is 5.11 Å². The Bertz CT molecular complexity index is 226. The molecule has 0 aliphatic heterocycles. The fourth-order valence-corrected chi connectivity index (χ4v) is 3.00. The molecule has 0 aliphatic rings. The molecule has 0 aliphatic carbocycles. The predicted octanol–water partition coefficient (Wildman–Crippen LogP) is 2.54. The summed E-state index contributed by atoms with van der Waals surface area (Å²) in [6.45, 7) is 4.45. The molecule has 0 spiro atoms. The molecule has 0 heterocycles. The van der Waals surface area contributed by atoms with Crippen LogP contribution in [0.3, 0.4) is 0 Å². The van der Waals surface area contributed by atoms with Gasteiger partial charge < -0.3 is 5.11 Å². The minimum absolute atomic E-state index is 0.0252. The van der Waals surface area contributed by atoms with Gasteiger partial charge in [-0.1, -0.05) is 33.9 Å². The second-order valence-corrected chi connectivity index (χ2v) is 5.55. The lowest BCUT2D eigenvalue weighted by Crippen LogP contribution is -2.02. The van der Waals surface area contributed by atoms with Crippen molar-refractivity contribution in [2.45, 2.75) is 13.8 Å². The van der Waals surface area contributed by atoms with Crippen LogP contribution >= 0.6 is 7.92 Å². The lowest BCUT2D eigenvalue weighted by molar-refractivity contribution is 0.475. The molecule has 1 nitrogen and oxygen atoms in total. The number of hydrogen-bond acceptors (Lipinski definition) is 1. The third-order valence-electron chi connectivity index (χ3n) is 1.98. The van der Waals surface area contributed by atoms with Crippen molar-refractivity contribution in [3.8, 4) is 5.75 Å². The van der Waals surface area contributed by atoms with E-state index in [1.54, 1.807) is 12.1 Å². The molecule has 0 amide bonds. The van der Waals surface area contributed by atoms with Crippen molar-refractivity contribution in [3.05, 3.63) is 24.3 Å². The summed E-state index contributed by atoms with van der Waals surface area (Å²) >= 11 is 0. The van der Waals surface area contributed by atoms with Gasteiger partial charge in [0.15, 0.2) is 0 Å². The summed E-state index contributed by atoms with van der Waals surface area (Å²) in [5.74, 6) is 0.362. The van der Waals surface area contributed by atoms with Gasteiger partial charge >= 0.3 is 0 Å². The van der Waals surface area contributed by atoms with Crippen LogP contribution in [0, 0.1) is 0 Å². The van der Waals surface area contributed by atoms with Crippen LogP contribution in [0.4, 0.5) is 0 Å². The van der Waals surface area contributed by atoms with Crippen LogP contribution in [-0.4, -0.2) is 17.4 Å². The van der Waals surface area contributed by atoms with Crippen LogP contribution in [0.1, 0.15) is 13.8 Å². The van der Waals surface area contributed by atoms with Crippen molar-refractivity contribution >= 4 is 13.2 Å². The van der Waals surface area contributed by atoms with Crippen LogP contribution < -0.4 is 5.30 Å². The predicted molar refractivity (Wildman–Crippen MR) is 55.7 cm³/mol. The van der Waals surface area contributed by atoms with Gasteiger partial charge in [-0.3, -0.25) is 0 Å². The molecular weight excluding hydrogens is 167 g/mol. The summed E-state index contributed by atoms with van der Waals surface area (Å²) in [7, 11) is 0.0252. The standard InChI is InChI=1S/C10H15OP/c1-3-12(4-2)10-7-5-9(11)6-8-10/h5-8,11H,3-4H2,1-2H3. The average molecular weight is 182 g/mol. The molecule has 1 N–H and O–H groups in total. The smallest absolute Gasteiger partial charge is 0.115 e. The van der Waals surface area contributed by atoms with Gasteiger partial charge in [-0.05, 0) is 29.8 Å². The van der Waals surface area contributed by atoms with Gasteiger partial charge in [0, 0.05) is 0 Å². The molecular formula is C10H15OP. The number of phenolic OH excluding ortho intramolecular Hbond substituents is 1. The van der Waals surface area contributed by atoms with Gasteiger partial charge in [-0.15, -0.1) is 0 Å². The van der Waals surface area contributed by atoms with E-state index in [1.165, 1.54) is 17.6 Å². The zero-order chi connectivity index (χ0) is 8.97. The second-order valence-electron chi connectivity index (χ2n) is 2.69. The Morgan fingerprint density at radius 3 is 2.00 bits per heavy atom. The number of aromatic hydroxyl groups is 1. The van der Waals surface area contributed by atoms with Crippen LogP contribution in [0.25, 0.3) is 0 Å². The van der Waals surface area contributed by atoms with E-state index >= 15 is 0 Å². The fraction of sp³-hybridized carbons (Fsp3) is 0.400. The minimum Gasteiger partial charge on any atom is -0.508 e. The molecule has 1 rings (SSSR count). The molecule has 0 unspecified atom stereocenters. The first-order valence-electron chi connectivity index (χ1n) is 4.32. The van der Waals surface area contributed by atoms with Crippen LogP contribution in [0.2, 0.25) is 0 Å². The third-order valence-corrected chi connectivity index (χ3v) is 4.53. The second kappa shape index (κ2) is 4.47. The summed E-state index contributed by atoms with van der Waals surface area (Å²) in [5, 5.41) is 10.5. The fourth-order valence-electron chi connectivity index (χ4n) is 1.25. The van der Waals surface area contributed by atoms with Crippen LogP contribution in [-0.2, 0) is 0 Å². The van der Waals surface area contributed by atoms with E-state index < -0.39 is 0 Å². The van der Waals surface area contributed by atoms with Crippen LogP contribution in [0.15, 0.2) is 24.3 Å². The summed E-state index contributed by atoms with van der Waals surface area (Å²) in [5.41, 5.74) is 0. The normalized spacial score (nSPS) is 10.6. The van der Waals surface area contributed by atoms with E-state index in [2.05, 4.69) is 13.8 Å². The van der Waals surface area contributed by atoms with Crippen molar-refractivity contribution in [1.82, 2.24) is 0 Å². The number of phenols is 1. The van der Waals surface area contributed by atoms with Crippen LogP contribution in [0.5, 0.6) is 5.75 Å². The number of hydrogen-bond donors (Lipinski definition) is 1. The molecule has 0 saturated heterocycles. The van der Waals surface area contributed by atoms with Gasteiger partial charge in [0.1, 0.15) is 5.75 Å². The van der Waals surface area contributed by atoms with E-state index in [0.717, 1.165) is 0 Å². The summed E-state index contributed by atoms with van der Waals surface area (Å²) in [6, 6.07) is 7.62. The highest BCUT2D eigenvalue weighted by molar-refractivity contribution is 7.65. The van der Waals surface area contributed by atoms with Gasteiger partial charge in [0.05, 0.1) is 0 Å². The Morgan fingerprint density at radius 2 is 1.58 bits per heavy atom. The summed E-state index contributed by atoms with van der Waals surface area (Å²) < 4.78 is 0. The largest absolute Gasteiger partial charge is 0.508 e. The Balaban J connectivity index is 2.80. The van der Waals surface area contributed by atoms with Crippen molar-refractivity contribution in [2.24, 2.45) is 0 Å². The van der Waals surface area contributed by atoms with Gasteiger partial charge in [-0.25, -0.2) is 0 Å². The molecule has 0 atom stereocenters. The Hall–Kier alpha value is -0.550. The first kappa shape index (κ1) is 9.54. The molecule has 1 aromatic rings. The topological polar surface area (TPSA) is 20.2 Å². The average Bonchev–Trinajstić information content (AvgIpc) is 2.10. The van der Waals surface area contributed by atoms with Crippen molar-refractivity contribution in [2.75, 3.05) is 12.3 Å². The summed E-state index contributed by atoms with van der Waals surface area (Å²) in [4.78, 5) is 0. The first-order valence-corrected chi connectivity index (χ1v) is 6.03. The molecule has 66 valence electrons. The lowest BCUT2D eigenvalue weighted by Gasteiger charge is -2.12. The van der Waals surface area contributed by atoms with Gasteiger partial charge in [-0.2, -0.15) is 0 Å². The van der Waals surface area contributed by atoms with Gasteiger partial charge in [0.25, 0.3) is 0 Å². The van der Waals surface area contributed by atoms with E-state index in [1.807, 2.05) is 12.1 Å². The third kappa shape index (κ3) is 2.22. The molecule has 2 heteroatoms. The number of benzene rings is 1. The highest BCUT2D eigenvalue weighted by atomic mass is 31.1. The minimum atomic E-state index is 0.0252. The van der Waals surface area contributed by atoms with E-state index in [0.29, 0.717) is 5.75 Å². The Kier molecular flexibility index (Phi) is 3.55. The SMILES string of the molecule is CCP(CC)c1ccc(O)cc1. The molecule has 0 bridgehead atoms. The van der Waals surface area contributed by atoms with E-state index in [-0.39, 0.29) is 7.92 Å². The first-order chi connectivity index (χ1) is 5.77. The molecule has 0 aromatic heterocycles. The monoisotopic (exact) mass is 182 g/mol. The summed E-state index contributed by atoms with van der Waals surface area (Å²) in [6.07, 6.45) is 2.47. The van der Waals surface area contributed by atoms with Gasteiger partial charge in [0.2, 0.25) is 0 Å². The van der Waals surface area contributed by atoms with Crippen molar-refractivity contribution in [1.29, 1.82) is 0 Å². The molecule has 0 saturated carbocycles. The quantitative estimate of drug-likeness (QED) is 0.712. The molecule has 0 radical (unpaired) electrons. The van der Waals surface area contributed by atoms with E-state index in [9.17, 15) is 0 Å². The maximum atomic E-state index is 9.09. The Morgan fingerprint density at radius 1 is 1.08 bits per heavy atom. The highest BCUT2D eigenvalue weighted by Gasteiger charge is 2.04. The molecule has 1 aromatic carbocycles.